The van der Waals surface area contributed by atoms with Gasteiger partial charge in [0.15, 0.2) is 0 Å². The van der Waals surface area contributed by atoms with Crippen molar-refractivity contribution in [2.24, 2.45) is 0 Å². The summed E-state index contributed by atoms with van der Waals surface area (Å²) in [6.07, 6.45) is 6.52. The predicted octanol–water partition coefficient (Wildman–Crippen LogP) is 3.46. The molecule has 2 heteroatoms. The largest absolute Gasteiger partial charge is 0.460 e. The molecule has 0 heterocycles. The number of carbonyl (C=O) groups excluding carboxylic acids is 1. The summed E-state index contributed by atoms with van der Waals surface area (Å²) in [4.78, 5) is 11.3. The van der Waals surface area contributed by atoms with E-state index in [4.69, 9.17) is 4.74 Å². The Morgan fingerprint density at radius 1 is 1.36 bits per heavy atom. The van der Waals surface area contributed by atoms with Crippen LogP contribution < -0.4 is 0 Å². The second kappa shape index (κ2) is 7.60. The van der Waals surface area contributed by atoms with E-state index in [1.807, 2.05) is 26.8 Å². The molecule has 0 aromatic rings. The number of carbonyl (C=O) groups is 1. The molecule has 0 radical (unpaired) electrons. The van der Waals surface area contributed by atoms with Crippen molar-refractivity contribution in [3.8, 4) is 0 Å². The minimum Gasteiger partial charge on any atom is -0.460 e. The third-order valence-electron chi connectivity index (χ3n) is 1.92. The number of esters is 1. The van der Waals surface area contributed by atoms with E-state index in [9.17, 15) is 4.79 Å². The summed E-state index contributed by atoms with van der Waals surface area (Å²) >= 11 is 0. The molecule has 0 N–H and O–H groups in total. The van der Waals surface area contributed by atoms with Gasteiger partial charge in [0.05, 0.1) is 6.10 Å². The molecule has 0 atom stereocenters. The van der Waals surface area contributed by atoms with Crippen LogP contribution in [0.3, 0.4) is 0 Å². The second-order valence-corrected chi connectivity index (χ2v) is 3.84. The summed E-state index contributed by atoms with van der Waals surface area (Å²) < 4.78 is 5.06. The molecule has 2 nitrogen and oxygen atoms in total. The lowest BCUT2D eigenvalue weighted by Crippen LogP contribution is -2.12. The molecule has 0 aliphatic carbocycles. The average molecular weight is 198 g/mol. The van der Waals surface area contributed by atoms with E-state index in [-0.39, 0.29) is 12.1 Å². The highest BCUT2D eigenvalue weighted by Gasteiger charge is 2.06. The summed E-state index contributed by atoms with van der Waals surface area (Å²) in [7, 11) is 0. The molecule has 82 valence electrons. The van der Waals surface area contributed by atoms with Gasteiger partial charge in [0.25, 0.3) is 0 Å². The van der Waals surface area contributed by atoms with Crippen molar-refractivity contribution < 1.29 is 9.53 Å². The molecule has 0 saturated carbocycles. The molecule has 0 unspecified atom stereocenters. The Bertz CT molecular complexity index is 192. The number of ether oxygens (including phenoxy) is 1. The number of rotatable bonds is 6. The first-order valence-electron chi connectivity index (χ1n) is 5.45. The standard InChI is InChI=1S/C12H22O2/c1-5-6-7-8-9-11(4)12(13)14-10(2)3/h9-10H,5-8H2,1-4H3. The highest BCUT2D eigenvalue weighted by molar-refractivity contribution is 5.87. The Labute approximate surface area is 87.3 Å². The second-order valence-electron chi connectivity index (χ2n) is 3.84. The first kappa shape index (κ1) is 13.2. The molecule has 0 rings (SSSR count). The molecule has 0 aromatic heterocycles. The molecule has 0 saturated heterocycles. The zero-order chi connectivity index (χ0) is 11.0. The third-order valence-corrected chi connectivity index (χ3v) is 1.92. The van der Waals surface area contributed by atoms with Gasteiger partial charge in [-0.3, -0.25) is 0 Å². The molecule has 0 amide bonds. The van der Waals surface area contributed by atoms with Crippen LogP contribution in [0.4, 0.5) is 0 Å². The highest BCUT2D eigenvalue weighted by atomic mass is 16.5. The van der Waals surface area contributed by atoms with E-state index >= 15 is 0 Å². The molecule has 0 fully saturated rings. The fraction of sp³-hybridized carbons (Fsp3) is 0.750. The summed E-state index contributed by atoms with van der Waals surface area (Å²) in [6.45, 7) is 7.71. The summed E-state index contributed by atoms with van der Waals surface area (Å²) in [6, 6.07) is 0. The van der Waals surface area contributed by atoms with E-state index in [0.29, 0.717) is 0 Å². The fourth-order valence-corrected chi connectivity index (χ4v) is 1.10. The van der Waals surface area contributed by atoms with Gasteiger partial charge in [-0.1, -0.05) is 25.8 Å². The maximum Gasteiger partial charge on any atom is 0.333 e. The van der Waals surface area contributed by atoms with Crippen molar-refractivity contribution in [2.75, 3.05) is 0 Å². The maximum atomic E-state index is 11.3. The zero-order valence-corrected chi connectivity index (χ0v) is 9.80. The first-order chi connectivity index (χ1) is 6.57. The van der Waals surface area contributed by atoms with Gasteiger partial charge in [0.1, 0.15) is 0 Å². The summed E-state index contributed by atoms with van der Waals surface area (Å²) in [5.74, 6) is -0.184. The molecule has 0 aromatic carbocycles. The van der Waals surface area contributed by atoms with Crippen LogP contribution in [0.1, 0.15) is 53.4 Å². The number of hydrogen-bond donors (Lipinski definition) is 0. The molecule has 0 aliphatic heterocycles. The highest BCUT2D eigenvalue weighted by Crippen LogP contribution is 2.05. The molecule has 0 spiro atoms. The van der Waals surface area contributed by atoms with Gasteiger partial charge in [0.2, 0.25) is 0 Å². The van der Waals surface area contributed by atoms with Crippen molar-refractivity contribution >= 4 is 5.97 Å². The Balaban J connectivity index is 3.79. The lowest BCUT2D eigenvalue weighted by Gasteiger charge is -2.07. The Morgan fingerprint density at radius 3 is 2.50 bits per heavy atom. The van der Waals surface area contributed by atoms with Crippen LogP contribution in [0, 0.1) is 0 Å². The van der Waals surface area contributed by atoms with Gasteiger partial charge < -0.3 is 4.74 Å². The summed E-state index contributed by atoms with van der Waals surface area (Å²) in [5, 5.41) is 0. The number of hydrogen-bond acceptors (Lipinski definition) is 2. The SMILES string of the molecule is CCCCCC=C(C)C(=O)OC(C)C. The van der Waals surface area contributed by atoms with E-state index in [1.54, 1.807) is 0 Å². The number of unbranched alkanes of at least 4 members (excludes halogenated alkanes) is 3. The molecule has 14 heavy (non-hydrogen) atoms. The molecular formula is C12H22O2. The Hall–Kier alpha value is -0.790. The van der Waals surface area contributed by atoms with E-state index in [0.717, 1.165) is 18.4 Å². The third kappa shape index (κ3) is 6.70. The monoisotopic (exact) mass is 198 g/mol. The van der Waals surface area contributed by atoms with Crippen molar-refractivity contribution in [2.45, 2.75) is 59.5 Å². The normalized spacial score (nSPS) is 11.9. The minimum atomic E-state index is -0.184. The van der Waals surface area contributed by atoms with Gasteiger partial charge in [-0.2, -0.15) is 0 Å². The van der Waals surface area contributed by atoms with Gasteiger partial charge in [-0.15, -0.1) is 0 Å². The lowest BCUT2D eigenvalue weighted by atomic mass is 10.1. The zero-order valence-electron chi connectivity index (χ0n) is 9.80. The first-order valence-corrected chi connectivity index (χ1v) is 5.45. The van der Waals surface area contributed by atoms with Gasteiger partial charge in [-0.25, -0.2) is 4.79 Å². The van der Waals surface area contributed by atoms with E-state index < -0.39 is 0 Å². The summed E-state index contributed by atoms with van der Waals surface area (Å²) in [5.41, 5.74) is 0.731. The van der Waals surface area contributed by atoms with Gasteiger partial charge in [0, 0.05) is 5.57 Å². The Morgan fingerprint density at radius 2 is 2.00 bits per heavy atom. The topological polar surface area (TPSA) is 26.3 Å². The maximum absolute atomic E-state index is 11.3. The van der Waals surface area contributed by atoms with Gasteiger partial charge in [-0.05, 0) is 33.6 Å². The smallest absolute Gasteiger partial charge is 0.333 e. The minimum absolute atomic E-state index is 0.0264. The average Bonchev–Trinajstić information content (AvgIpc) is 2.11. The van der Waals surface area contributed by atoms with Crippen molar-refractivity contribution in [3.05, 3.63) is 11.6 Å². The van der Waals surface area contributed by atoms with Crippen LogP contribution in [0.25, 0.3) is 0 Å². The van der Waals surface area contributed by atoms with Crippen molar-refractivity contribution in [3.63, 3.8) is 0 Å². The van der Waals surface area contributed by atoms with Crippen LogP contribution in [-0.2, 0) is 9.53 Å². The Kier molecular flexibility index (Phi) is 7.17. The van der Waals surface area contributed by atoms with E-state index in [2.05, 4.69) is 6.92 Å². The predicted molar refractivity (Wildman–Crippen MR) is 59.1 cm³/mol. The van der Waals surface area contributed by atoms with E-state index in [1.165, 1.54) is 12.8 Å². The van der Waals surface area contributed by atoms with Crippen molar-refractivity contribution in [1.82, 2.24) is 0 Å². The molecular weight excluding hydrogens is 176 g/mol. The van der Waals surface area contributed by atoms with Crippen molar-refractivity contribution in [1.29, 1.82) is 0 Å². The fourth-order valence-electron chi connectivity index (χ4n) is 1.10. The van der Waals surface area contributed by atoms with Crippen LogP contribution >= 0.6 is 0 Å². The van der Waals surface area contributed by atoms with Gasteiger partial charge >= 0.3 is 5.97 Å². The van der Waals surface area contributed by atoms with Crippen LogP contribution in [0.5, 0.6) is 0 Å². The molecule has 0 bridgehead atoms. The quantitative estimate of drug-likeness (QED) is 0.371. The lowest BCUT2D eigenvalue weighted by molar-refractivity contribution is -0.142. The van der Waals surface area contributed by atoms with Crippen LogP contribution in [-0.4, -0.2) is 12.1 Å². The van der Waals surface area contributed by atoms with Crippen LogP contribution in [0.15, 0.2) is 11.6 Å². The van der Waals surface area contributed by atoms with Crippen LogP contribution in [0.2, 0.25) is 0 Å². The number of allylic oxidation sites excluding steroid dienone is 1. The molecule has 0 aliphatic rings.